The Morgan fingerprint density at radius 2 is 1.63 bits per heavy atom. The fourth-order valence-corrected chi connectivity index (χ4v) is 5.68. The van der Waals surface area contributed by atoms with Gasteiger partial charge in [0.1, 0.15) is 0 Å². The predicted octanol–water partition coefficient (Wildman–Crippen LogP) is 7.81. The van der Waals surface area contributed by atoms with E-state index in [0.29, 0.717) is 16.7 Å². The van der Waals surface area contributed by atoms with E-state index in [2.05, 4.69) is 53.3 Å². The summed E-state index contributed by atoms with van der Waals surface area (Å²) in [7, 11) is 0. The van der Waals surface area contributed by atoms with Crippen molar-refractivity contribution in [3.63, 3.8) is 0 Å². The van der Waals surface area contributed by atoms with Crippen LogP contribution in [-0.2, 0) is 6.18 Å². The molecule has 0 saturated carbocycles. The minimum Gasteiger partial charge on any atom is -0.351 e. The molecule has 2 atom stereocenters. The van der Waals surface area contributed by atoms with Crippen molar-refractivity contribution in [2.45, 2.75) is 51.9 Å². The van der Waals surface area contributed by atoms with Crippen LogP contribution in [0.4, 0.5) is 18.9 Å². The number of hydrogen-bond acceptors (Lipinski definition) is 2. The summed E-state index contributed by atoms with van der Waals surface area (Å²) in [5, 5.41) is 3.99. The summed E-state index contributed by atoms with van der Waals surface area (Å²) in [6, 6.07) is 21.1. The van der Waals surface area contributed by atoms with Crippen LogP contribution in [0.15, 0.2) is 79.0 Å². The van der Waals surface area contributed by atoms with Gasteiger partial charge < -0.3 is 14.8 Å². The number of aryl methyl sites for hydroxylation is 1. The van der Waals surface area contributed by atoms with Crippen molar-refractivity contribution in [3.8, 4) is 5.69 Å². The SMILES string of the molecule is Cc1cc([C@H]2[C@@H](c3ccccn3)NC(=S)N2c2ccc(C(C)C)cc2)c(C)n1-c1ccccc1C(F)(F)F. The fourth-order valence-electron chi connectivity index (χ4n) is 5.33. The number of anilines is 1. The highest BCUT2D eigenvalue weighted by molar-refractivity contribution is 7.80. The van der Waals surface area contributed by atoms with E-state index in [1.54, 1.807) is 16.8 Å². The molecular weight excluding hydrogens is 505 g/mol. The van der Waals surface area contributed by atoms with Crippen molar-refractivity contribution in [3.05, 3.63) is 113 Å². The van der Waals surface area contributed by atoms with E-state index < -0.39 is 11.7 Å². The van der Waals surface area contributed by atoms with Gasteiger partial charge in [-0.3, -0.25) is 4.98 Å². The molecule has 4 nitrogen and oxygen atoms in total. The Morgan fingerprint density at radius 3 is 2.26 bits per heavy atom. The molecule has 1 aliphatic rings. The lowest BCUT2D eigenvalue weighted by Gasteiger charge is -2.28. The van der Waals surface area contributed by atoms with Gasteiger partial charge in [-0.15, -0.1) is 0 Å². The van der Waals surface area contributed by atoms with Crippen LogP contribution in [0.5, 0.6) is 0 Å². The number of alkyl halides is 3. The van der Waals surface area contributed by atoms with Gasteiger partial charge in [-0.25, -0.2) is 0 Å². The van der Waals surface area contributed by atoms with Gasteiger partial charge in [-0.2, -0.15) is 13.2 Å². The second-order valence-electron chi connectivity index (χ2n) is 9.92. The molecule has 38 heavy (non-hydrogen) atoms. The highest BCUT2D eigenvalue weighted by atomic mass is 32.1. The van der Waals surface area contributed by atoms with E-state index in [4.69, 9.17) is 12.2 Å². The highest BCUT2D eigenvalue weighted by Crippen LogP contribution is 2.44. The minimum absolute atomic E-state index is 0.108. The average Bonchev–Trinajstić information content (AvgIpc) is 3.39. The molecule has 0 unspecified atom stereocenters. The first-order chi connectivity index (χ1) is 18.1. The first-order valence-electron chi connectivity index (χ1n) is 12.5. The molecule has 1 N–H and O–H groups in total. The van der Waals surface area contributed by atoms with E-state index in [1.165, 1.54) is 17.7 Å². The Hall–Kier alpha value is -3.65. The Bertz CT molecular complexity index is 1460. The molecule has 0 bridgehead atoms. The molecule has 196 valence electrons. The quantitative estimate of drug-likeness (QED) is 0.265. The first kappa shape index (κ1) is 26.0. The average molecular weight is 535 g/mol. The number of hydrogen-bond donors (Lipinski definition) is 1. The maximum absolute atomic E-state index is 14.0. The summed E-state index contributed by atoms with van der Waals surface area (Å²) in [4.78, 5) is 6.65. The number of halogens is 3. The van der Waals surface area contributed by atoms with Crippen LogP contribution >= 0.6 is 12.2 Å². The molecule has 0 amide bonds. The van der Waals surface area contributed by atoms with E-state index >= 15 is 0 Å². The molecule has 5 rings (SSSR count). The lowest BCUT2D eigenvalue weighted by molar-refractivity contribution is -0.137. The van der Waals surface area contributed by atoms with Crippen LogP contribution in [0, 0.1) is 13.8 Å². The zero-order valence-electron chi connectivity index (χ0n) is 21.6. The van der Waals surface area contributed by atoms with Crippen LogP contribution < -0.4 is 10.2 Å². The summed E-state index contributed by atoms with van der Waals surface area (Å²) >= 11 is 5.84. The zero-order valence-corrected chi connectivity index (χ0v) is 22.4. The second kappa shape index (κ2) is 9.91. The molecule has 0 radical (unpaired) electrons. The number of pyridine rings is 1. The molecule has 8 heteroatoms. The van der Waals surface area contributed by atoms with E-state index in [-0.39, 0.29) is 17.8 Å². The molecule has 4 aromatic rings. The van der Waals surface area contributed by atoms with Crippen molar-refractivity contribution in [2.75, 3.05) is 4.90 Å². The maximum Gasteiger partial charge on any atom is 0.418 e. The first-order valence-corrected chi connectivity index (χ1v) is 12.9. The number of aromatic nitrogens is 2. The van der Waals surface area contributed by atoms with Gasteiger partial charge in [-0.1, -0.05) is 44.2 Å². The number of para-hydroxylation sites is 1. The third-order valence-corrected chi connectivity index (χ3v) is 7.49. The molecular formula is C30H29F3N4S. The molecule has 1 fully saturated rings. The van der Waals surface area contributed by atoms with Crippen molar-refractivity contribution in [2.24, 2.45) is 0 Å². The van der Waals surface area contributed by atoms with Crippen molar-refractivity contribution in [1.82, 2.24) is 14.9 Å². The molecule has 0 spiro atoms. The van der Waals surface area contributed by atoms with Gasteiger partial charge in [0, 0.05) is 23.3 Å². The van der Waals surface area contributed by atoms with Crippen LogP contribution in [-0.4, -0.2) is 14.7 Å². The standard InChI is InChI=1S/C30H29F3N4S/c1-18(2)21-12-14-22(15-13-21)37-28(27(35-29(37)38)25-10-7-8-16-34-25)23-17-19(3)36(20(23)4)26-11-6-5-9-24(26)30(31,32)33/h5-18,27-28H,1-4H3,(H,35,38)/t27-,28+/m1/s1. The largest absolute Gasteiger partial charge is 0.418 e. The fraction of sp³-hybridized carbons (Fsp3) is 0.267. The number of thiocarbonyl (C=S) groups is 1. The van der Waals surface area contributed by atoms with Gasteiger partial charge in [0.15, 0.2) is 5.11 Å². The van der Waals surface area contributed by atoms with Crippen LogP contribution in [0.3, 0.4) is 0 Å². The molecule has 2 aromatic carbocycles. The van der Waals surface area contributed by atoms with Gasteiger partial charge in [-0.05, 0) is 85.6 Å². The smallest absolute Gasteiger partial charge is 0.351 e. The molecule has 0 aliphatic carbocycles. The number of nitrogens with zero attached hydrogens (tertiary/aromatic N) is 3. The van der Waals surface area contributed by atoms with Crippen LogP contribution in [0.25, 0.3) is 5.69 Å². The second-order valence-corrected chi connectivity index (χ2v) is 10.3. The topological polar surface area (TPSA) is 33.1 Å². The summed E-state index contributed by atoms with van der Waals surface area (Å²) in [5.74, 6) is 0.386. The highest BCUT2D eigenvalue weighted by Gasteiger charge is 2.43. The summed E-state index contributed by atoms with van der Waals surface area (Å²) in [6.07, 6.45) is -2.74. The van der Waals surface area contributed by atoms with Crippen molar-refractivity contribution >= 4 is 23.0 Å². The van der Waals surface area contributed by atoms with Gasteiger partial charge >= 0.3 is 6.18 Å². The molecule has 1 saturated heterocycles. The van der Waals surface area contributed by atoms with Crippen molar-refractivity contribution < 1.29 is 13.2 Å². The normalized spacial score (nSPS) is 17.8. The molecule has 1 aliphatic heterocycles. The summed E-state index contributed by atoms with van der Waals surface area (Å²) in [5.41, 5.74) is 4.69. The summed E-state index contributed by atoms with van der Waals surface area (Å²) in [6.45, 7) is 7.99. The number of nitrogens with one attached hydrogen (secondary N) is 1. The van der Waals surface area contributed by atoms with Crippen molar-refractivity contribution in [1.29, 1.82) is 0 Å². The third kappa shape index (κ3) is 4.58. The lowest BCUT2D eigenvalue weighted by Crippen LogP contribution is -2.29. The maximum atomic E-state index is 14.0. The van der Waals surface area contributed by atoms with Gasteiger partial charge in [0.2, 0.25) is 0 Å². The van der Waals surface area contributed by atoms with Gasteiger partial charge in [0.25, 0.3) is 0 Å². The Morgan fingerprint density at radius 1 is 0.947 bits per heavy atom. The zero-order chi connectivity index (χ0) is 27.2. The van der Waals surface area contributed by atoms with E-state index in [1.807, 2.05) is 38.1 Å². The number of rotatable bonds is 5. The third-order valence-electron chi connectivity index (χ3n) is 7.18. The molecule has 2 aromatic heterocycles. The van der Waals surface area contributed by atoms with E-state index in [0.717, 1.165) is 28.7 Å². The lowest BCUT2D eigenvalue weighted by atomic mass is 9.96. The Labute approximate surface area is 226 Å². The van der Waals surface area contributed by atoms with Crippen LogP contribution in [0.2, 0.25) is 0 Å². The molecule has 3 heterocycles. The summed E-state index contributed by atoms with van der Waals surface area (Å²) < 4.78 is 43.6. The van der Waals surface area contributed by atoms with Crippen LogP contribution in [0.1, 0.15) is 65.6 Å². The monoisotopic (exact) mass is 534 g/mol. The minimum atomic E-state index is -4.48. The predicted molar refractivity (Wildman–Crippen MR) is 149 cm³/mol. The van der Waals surface area contributed by atoms with E-state index in [9.17, 15) is 13.2 Å². The van der Waals surface area contributed by atoms with Gasteiger partial charge in [0.05, 0.1) is 29.0 Å². The Balaban J connectivity index is 1.68. The number of benzene rings is 2. The Kier molecular flexibility index (Phi) is 6.77.